The van der Waals surface area contributed by atoms with Crippen molar-refractivity contribution in [2.24, 2.45) is 0 Å². The van der Waals surface area contributed by atoms with Crippen molar-refractivity contribution in [2.75, 3.05) is 30.7 Å². The van der Waals surface area contributed by atoms with Gasteiger partial charge in [-0.05, 0) is 0 Å². The first-order chi connectivity index (χ1) is 12.8. The Bertz CT molecular complexity index is 715. The monoisotopic (exact) mass is 501 g/mol. The van der Waals surface area contributed by atoms with Gasteiger partial charge in [0, 0.05) is 0 Å². The van der Waals surface area contributed by atoms with Gasteiger partial charge in [0.1, 0.15) is 0 Å². The molecule has 1 heterocycles. The molecule has 0 spiro atoms. The summed E-state index contributed by atoms with van der Waals surface area (Å²) >= 11 is 1.47. The minimum absolute atomic E-state index is 0.00190. The van der Waals surface area contributed by atoms with Crippen LogP contribution in [0.3, 0.4) is 0 Å². The summed E-state index contributed by atoms with van der Waals surface area (Å²) < 4.78 is 4.92. The Balaban J connectivity index is 1.95. The van der Waals surface area contributed by atoms with Crippen LogP contribution in [-0.4, -0.2) is 49.1 Å². The van der Waals surface area contributed by atoms with Crippen molar-refractivity contribution < 1.29 is 26.3 Å². The predicted octanol–water partition coefficient (Wildman–Crippen LogP) is 0.824. The van der Waals surface area contributed by atoms with Crippen LogP contribution in [0.1, 0.15) is 25.0 Å². The SMILES string of the molecule is Cc1cscc1N[I-]c1ccc(CN(CCN(C)C)C(=O)NC(C)C)cc1. The molecule has 1 aromatic heterocycles. The molecule has 5 nitrogen and oxygen atoms in total. The molecular weight excluding hydrogens is 471 g/mol. The number of hydrogen-bond donors (Lipinski definition) is 2. The second-order valence-electron chi connectivity index (χ2n) is 7.11. The van der Waals surface area contributed by atoms with Gasteiger partial charge < -0.3 is 0 Å². The van der Waals surface area contributed by atoms with Gasteiger partial charge in [0.2, 0.25) is 0 Å². The number of nitrogens with zero attached hydrogens (tertiary/aromatic N) is 2. The quantitative estimate of drug-likeness (QED) is 0.396. The van der Waals surface area contributed by atoms with Crippen molar-refractivity contribution >= 4 is 23.1 Å². The fourth-order valence-corrected chi connectivity index (χ4v) is 5.24. The van der Waals surface area contributed by atoms with Gasteiger partial charge in [-0.1, -0.05) is 0 Å². The summed E-state index contributed by atoms with van der Waals surface area (Å²) in [5.41, 5.74) is 3.72. The molecule has 0 aliphatic heterocycles. The first kappa shape index (κ1) is 22.0. The summed E-state index contributed by atoms with van der Waals surface area (Å²) in [5.74, 6) is 0. The van der Waals surface area contributed by atoms with Crippen LogP contribution in [-0.2, 0) is 6.54 Å². The van der Waals surface area contributed by atoms with Crippen molar-refractivity contribution in [3.05, 3.63) is 49.7 Å². The molecular formula is C20H30IN4OS-. The van der Waals surface area contributed by atoms with Crippen LogP contribution >= 0.6 is 11.3 Å². The Morgan fingerprint density at radius 3 is 2.41 bits per heavy atom. The van der Waals surface area contributed by atoms with Crippen LogP contribution in [0.5, 0.6) is 0 Å². The van der Waals surface area contributed by atoms with Gasteiger partial charge in [-0.3, -0.25) is 0 Å². The third kappa shape index (κ3) is 7.67. The van der Waals surface area contributed by atoms with Gasteiger partial charge in [0.05, 0.1) is 0 Å². The summed E-state index contributed by atoms with van der Waals surface area (Å²) in [6, 6.07) is 8.78. The van der Waals surface area contributed by atoms with E-state index in [2.05, 4.69) is 55.7 Å². The zero-order valence-electron chi connectivity index (χ0n) is 16.8. The molecule has 0 bridgehead atoms. The number of nitrogens with one attached hydrogen (secondary N) is 2. The summed E-state index contributed by atoms with van der Waals surface area (Å²) in [5, 5.41) is 7.34. The first-order valence-corrected chi connectivity index (χ1v) is 12.2. The van der Waals surface area contributed by atoms with Crippen LogP contribution in [0.15, 0.2) is 35.0 Å². The number of amides is 2. The molecule has 2 rings (SSSR count). The topological polar surface area (TPSA) is 47.6 Å². The van der Waals surface area contributed by atoms with E-state index in [0.29, 0.717) is 13.1 Å². The predicted molar refractivity (Wildman–Crippen MR) is 110 cm³/mol. The van der Waals surface area contributed by atoms with E-state index >= 15 is 0 Å². The van der Waals surface area contributed by atoms with E-state index in [9.17, 15) is 4.79 Å². The van der Waals surface area contributed by atoms with Crippen molar-refractivity contribution in [3.8, 4) is 0 Å². The number of carbonyl (C=O) groups is 1. The number of hydrogen-bond acceptors (Lipinski definition) is 4. The van der Waals surface area contributed by atoms with Gasteiger partial charge >= 0.3 is 178 Å². The molecule has 0 saturated carbocycles. The number of thiophene rings is 1. The number of likely N-dealkylation sites (N-methyl/N-ethyl adjacent to an activating group) is 1. The van der Waals surface area contributed by atoms with E-state index in [-0.39, 0.29) is 33.6 Å². The van der Waals surface area contributed by atoms with Crippen molar-refractivity contribution in [2.45, 2.75) is 33.4 Å². The molecule has 0 aliphatic rings. The number of anilines is 1. The van der Waals surface area contributed by atoms with E-state index in [0.717, 1.165) is 12.1 Å². The van der Waals surface area contributed by atoms with E-state index in [4.69, 9.17) is 0 Å². The number of rotatable bonds is 9. The Morgan fingerprint density at radius 2 is 1.85 bits per heavy atom. The summed E-state index contributed by atoms with van der Waals surface area (Å²) in [4.78, 5) is 16.5. The fourth-order valence-electron chi connectivity index (χ4n) is 2.35. The van der Waals surface area contributed by atoms with Gasteiger partial charge in [-0.25, -0.2) is 0 Å². The van der Waals surface area contributed by atoms with E-state index in [1.165, 1.54) is 14.8 Å². The van der Waals surface area contributed by atoms with Crippen LogP contribution < -0.4 is 30.3 Å². The molecule has 2 aromatic rings. The average molecular weight is 501 g/mol. The number of aryl methyl sites for hydroxylation is 1. The number of carbonyl (C=O) groups excluding carboxylic acids is 1. The normalized spacial score (nSPS) is 11.2. The second-order valence-corrected chi connectivity index (χ2v) is 10.2. The number of urea groups is 1. The zero-order chi connectivity index (χ0) is 19.8. The van der Waals surface area contributed by atoms with Gasteiger partial charge in [0.25, 0.3) is 0 Å². The molecule has 0 radical (unpaired) electrons. The van der Waals surface area contributed by atoms with Crippen LogP contribution in [0.25, 0.3) is 0 Å². The van der Waals surface area contributed by atoms with Gasteiger partial charge in [-0.15, -0.1) is 0 Å². The van der Waals surface area contributed by atoms with Gasteiger partial charge in [-0.2, -0.15) is 0 Å². The maximum absolute atomic E-state index is 12.5. The Kier molecular flexibility index (Phi) is 8.85. The summed E-state index contributed by atoms with van der Waals surface area (Å²) in [7, 11) is 4.05. The summed E-state index contributed by atoms with van der Waals surface area (Å²) in [6.45, 7) is 8.29. The number of halogens is 1. The van der Waals surface area contributed by atoms with Crippen LogP contribution in [0.2, 0.25) is 0 Å². The first-order valence-electron chi connectivity index (χ1n) is 9.07. The molecule has 27 heavy (non-hydrogen) atoms. The third-order valence-corrected chi connectivity index (χ3v) is 6.97. The zero-order valence-corrected chi connectivity index (χ0v) is 19.7. The fraction of sp³-hybridized carbons (Fsp3) is 0.450. The Hall–Kier alpha value is -1.32. The minimum atomic E-state index is -0.260. The van der Waals surface area contributed by atoms with Crippen molar-refractivity contribution in [1.29, 1.82) is 0 Å². The van der Waals surface area contributed by atoms with Crippen molar-refractivity contribution in [3.63, 3.8) is 0 Å². The standard InChI is InChI=1S/C20H30IN4OS/c1-15(2)22-20(26)25(11-10-24(4)5)12-17-6-8-18(9-7-17)21-23-19-14-27-13-16(19)3/h6-9,13-15,23H,10-12H2,1-5H3,(H,22,26)/q-1. The van der Waals surface area contributed by atoms with Crippen LogP contribution in [0.4, 0.5) is 10.5 Å². The number of benzene rings is 1. The molecule has 0 unspecified atom stereocenters. The second kappa shape index (κ2) is 10.9. The van der Waals surface area contributed by atoms with E-state index < -0.39 is 0 Å². The Labute approximate surface area is 177 Å². The summed E-state index contributed by atoms with van der Waals surface area (Å²) in [6.07, 6.45) is 0. The Morgan fingerprint density at radius 1 is 1.15 bits per heavy atom. The maximum atomic E-state index is 12.5. The molecule has 0 fully saturated rings. The molecule has 0 aliphatic carbocycles. The van der Waals surface area contributed by atoms with E-state index in [1.54, 1.807) is 11.3 Å². The third-order valence-electron chi connectivity index (χ3n) is 3.92. The van der Waals surface area contributed by atoms with Crippen molar-refractivity contribution in [1.82, 2.24) is 15.1 Å². The van der Waals surface area contributed by atoms with Crippen LogP contribution in [0, 0.1) is 10.5 Å². The molecule has 7 heteroatoms. The average Bonchev–Trinajstić information content (AvgIpc) is 3.02. The molecule has 0 saturated heterocycles. The molecule has 150 valence electrons. The molecule has 2 amide bonds. The molecule has 0 atom stereocenters. The van der Waals surface area contributed by atoms with E-state index in [1.807, 2.05) is 32.8 Å². The molecule has 2 N–H and O–H groups in total. The van der Waals surface area contributed by atoms with Gasteiger partial charge in [0.15, 0.2) is 0 Å². The molecule has 1 aromatic carbocycles.